The Morgan fingerprint density at radius 2 is 1.58 bits per heavy atom. The van der Waals surface area contributed by atoms with E-state index in [1.54, 1.807) is 0 Å². The quantitative estimate of drug-likeness (QED) is 0.169. The fourth-order valence-electron chi connectivity index (χ4n) is 8.67. The summed E-state index contributed by atoms with van der Waals surface area (Å²) in [5.74, 6) is -4.50. The zero-order valence-electron chi connectivity index (χ0n) is 29.7. The largest absolute Gasteiger partial charge is 0.507 e. The van der Waals surface area contributed by atoms with Crippen LogP contribution in [0, 0.1) is 17.8 Å². The molecular weight excluding hydrogens is 612 g/mol. The molecule has 2 aliphatic heterocycles. The van der Waals surface area contributed by atoms with E-state index in [1.165, 1.54) is 25.7 Å². The van der Waals surface area contributed by atoms with Crippen LogP contribution in [0.4, 0.5) is 0 Å². The fraction of sp³-hybridized carbons (Fsp3) is 0.564. The topological polar surface area (TPSA) is 140 Å². The number of methoxy groups -OCH3 is 1. The number of Topliss-reactive ketones (excluding diaryl/α,β-unsaturated/α-hetero) is 2. The minimum Gasteiger partial charge on any atom is -0.507 e. The highest BCUT2D eigenvalue weighted by Gasteiger charge is 2.85. The number of carbonyl (C=O) groups excluding carboxylic acids is 2. The molecule has 1 spiro atoms. The Hall–Kier alpha value is -3.69. The molecule has 1 aromatic carbocycles. The van der Waals surface area contributed by atoms with Crippen molar-refractivity contribution in [1.29, 1.82) is 0 Å². The van der Waals surface area contributed by atoms with Gasteiger partial charge in [-0.25, -0.2) is 4.79 Å². The normalized spacial score (nSPS) is 30.0. The summed E-state index contributed by atoms with van der Waals surface area (Å²) in [6, 6.07) is 0. The van der Waals surface area contributed by atoms with Crippen molar-refractivity contribution in [3.05, 3.63) is 63.3 Å². The third-order valence-electron chi connectivity index (χ3n) is 11.0. The predicted octanol–water partition coefficient (Wildman–Crippen LogP) is 6.97. The molecule has 4 bridgehead atoms. The summed E-state index contributed by atoms with van der Waals surface area (Å²) in [5.41, 5.74) is -0.320. The predicted molar refractivity (Wildman–Crippen MR) is 182 cm³/mol. The Kier molecular flexibility index (Phi) is 9.38. The van der Waals surface area contributed by atoms with Crippen LogP contribution in [0.2, 0.25) is 0 Å². The molecule has 9 heteroatoms. The maximum Gasteiger partial charge on any atom is 0.330 e. The molecule has 260 valence electrons. The van der Waals surface area contributed by atoms with Gasteiger partial charge in [0.15, 0.2) is 22.8 Å². The number of carbonyl (C=O) groups is 3. The molecule has 0 unspecified atom stereocenters. The summed E-state index contributed by atoms with van der Waals surface area (Å²) < 4.78 is 19.7. The summed E-state index contributed by atoms with van der Waals surface area (Å²) >= 11 is 0. The van der Waals surface area contributed by atoms with Gasteiger partial charge >= 0.3 is 5.97 Å². The Bertz CT molecular complexity index is 1670. The number of allylic oxidation sites excluding steroid dienone is 6. The number of hydrogen-bond donors (Lipinski definition) is 3. The minimum atomic E-state index is -1.70. The van der Waals surface area contributed by atoms with Crippen molar-refractivity contribution in [2.24, 2.45) is 17.8 Å². The van der Waals surface area contributed by atoms with Gasteiger partial charge < -0.3 is 29.5 Å². The number of carboxylic acid groups (broad SMARTS) is 1. The number of hydrogen-bond acceptors (Lipinski definition) is 8. The highest BCUT2D eigenvalue weighted by atomic mass is 16.6. The smallest absolute Gasteiger partial charge is 0.330 e. The zero-order chi connectivity index (χ0) is 35.5. The Morgan fingerprint density at radius 3 is 2.19 bits per heavy atom. The molecule has 1 aromatic rings. The average molecular weight is 663 g/mol. The molecule has 9 nitrogen and oxygen atoms in total. The van der Waals surface area contributed by atoms with Gasteiger partial charge in [-0.15, -0.1) is 0 Å². The van der Waals surface area contributed by atoms with E-state index in [1.807, 2.05) is 46.8 Å². The summed E-state index contributed by atoms with van der Waals surface area (Å²) in [7, 11) is 1.47. The van der Waals surface area contributed by atoms with Gasteiger partial charge in [-0.05, 0) is 87.5 Å². The second-order valence-corrected chi connectivity index (χ2v) is 15.0. The van der Waals surface area contributed by atoms with E-state index in [9.17, 15) is 24.9 Å². The van der Waals surface area contributed by atoms with Crippen molar-refractivity contribution in [2.75, 3.05) is 7.11 Å². The van der Waals surface area contributed by atoms with E-state index in [0.717, 1.165) is 24.0 Å². The van der Waals surface area contributed by atoms with Crippen LogP contribution < -0.4 is 4.74 Å². The number of fused-ring (bicyclic) bond motifs is 1. The van der Waals surface area contributed by atoms with Gasteiger partial charge in [-0.2, -0.15) is 0 Å². The number of benzene rings is 1. The van der Waals surface area contributed by atoms with Crippen molar-refractivity contribution in [3.8, 4) is 17.2 Å². The van der Waals surface area contributed by atoms with Crippen LogP contribution in [-0.4, -0.2) is 62.9 Å². The van der Waals surface area contributed by atoms with Crippen molar-refractivity contribution >= 4 is 17.5 Å². The second-order valence-electron chi connectivity index (χ2n) is 15.0. The molecule has 3 aliphatic carbocycles. The molecule has 2 heterocycles. The van der Waals surface area contributed by atoms with Crippen molar-refractivity contribution in [3.63, 3.8) is 0 Å². The summed E-state index contributed by atoms with van der Waals surface area (Å²) in [4.78, 5) is 41.4. The van der Waals surface area contributed by atoms with Gasteiger partial charge in [-0.1, -0.05) is 41.0 Å². The number of phenols is 2. The van der Waals surface area contributed by atoms with Gasteiger partial charge in [-0.3, -0.25) is 9.59 Å². The van der Waals surface area contributed by atoms with E-state index in [0.29, 0.717) is 12.0 Å². The molecule has 4 fully saturated rings. The van der Waals surface area contributed by atoms with Gasteiger partial charge in [0.05, 0.1) is 17.6 Å². The molecule has 5 aliphatic rings. The lowest BCUT2D eigenvalue weighted by Gasteiger charge is -2.62. The van der Waals surface area contributed by atoms with Crippen LogP contribution in [-0.2, 0) is 31.9 Å². The fourth-order valence-corrected chi connectivity index (χ4v) is 8.67. The zero-order valence-corrected chi connectivity index (χ0v) is 29.7. The standard InChI is InChI=1S/C39H50O9/c1-20(2)11-10-12-22(5)14-16-24-30(40)25(15-13-21(3)4)33-28(31(24)41)32(42)29-34(46-9)26-19-27-37(7,8)48-38(35(26)43,39(27,29)47-33)18-17-23(6)36(44)45/h11,13-14,17,26-27,29,34,40-41H,10,12,15-16,18-19H2,1-9H3,(H,44,45)/b22-14+,23-17-/t26-,27-,29+,34-,38-,39-/m0/s1. The number of ether oxygens (including phenoxy) is 3. The van der Waals surface area contributed by atoms with Crippen LogP contribution in [0.3, 0.4) is 0 Å². The number of ketones is 2. The molecule has 3 N–H and O–H groups in total. The third-order valence-corrected chi connectivity index (χ3v) is 11.0. The molecule has 3 saturated carbocycles. The van der Waals surface area contributed by atoms with Gasteiger partial charge in [0, 0.05) is 42.1 Å². The number of aliphatic carboxylic acids is 1. The SMILES string of the molecule is CO[C@H]1[C@@H]2C[C@H]3C(C)(C)O[C@@](C/C=C(/C)C(=O)O)(C2=O)[C@]32Oc3c(CC=C(C)C)c(O)c(C/C=C(\C)CCC=C(C)C)c(O)c3C(=O)[C@H]12. The number of phenolic OH excluding ortho intramolecular Hbond substituents is 2. The average Bonchev–Trinajstić information content (AvgIpc) is 3.14. The van der Waals surface area contributed by atoms with E-state index >= 15 is 4.79 Å². The molecule has 0 amide bonds. The van der Waals surface area contributed by atoms with Crippen molar-refractivity contribution in [1.82, 2.24) is 0 Å². The molecule has 6 rings (SSSR count). The second kappa shape index (κ2) is 12.6. The van der Waals surface area contributed by atoms with Crippen LogP contribution in [0.15, 0.2) is 46.6 Å². The van der Waals surface area contributed by atoms with Crippen molar-refractivity contribution < 1.29 is 43.9 Å². The van der Waals surface area contributed by atoms with Crippen LogP contribution in [0.5, 0.6) is 17.2 Å². The number of rotatable bonds is 11. The van der Waals surface area contributed by atoms with E-state index in [-0.39, 0.29) is 59.0 Å². The Morgan fingerprint density at radius 1 is 0.938 bits per heavy atom. The molecule has 6 atom stereocenters. The van der Waals surface area contributed by atoms with E-state index < -0.39 is 52.4 Å². The lowest BCUT2D eigenvalue weighted by atomic mass is 9.45. The van der Waals surface area contributed by atoms with Gasteiger partial charge in [0.1, 0.15) is 22.8 Å². The van der Waals surface area contributed by atoms with Crippen LogP contribution in [0.1, 0.15) is 103 Å². The van der Waals surface area contributed by atoms with Gasteiger partial charge in [0.25, 0.3) is 0 Å². The first-order valence-electron chi connectivity index (χ1n) is 16.9. The van der Waals surface area contributed by atoms with E-state index in [4.69, 9.17) is 14.2 Å². The van der Waals surface area contributed by atoms with Crippen molar-refractivity contribution in [2.45, 2.75) is 117 Å². The molecule has 1 saturated heterocycles. The number of aromatic hydroxyl groups is 2. The molecule has 0 aromatic heterocycles. The Labute approximate surface area is 283 Å². The Balaban J connectivity index is 1.75. The van der Waals surface area contributed by atoms with Crippen LogP contribution >= 0.6 is 0 Å². The molecule has 0 radical (unpaired) electrons. The first-order chi connectivity index (χ1) is 22.4. The first kappa shape index (κ1) is 35.6. The number of carboxylic acids is 1. The lowest BCUT2D eigenvalue weighted by Crippen LogP contribution is -2.80. The lowest BCUT2D eigenvalue weighted by molar-refractivity contribution is -0.224. The monoisotopic (exact) mass is 662 g/mol. The van der Waals surface area contributed by atoms with E-state index in [2.05, 4.69) is 19.9 Å². The minimum absolute atomic E-state index is 0.0298. The molecule has 48 heavy (non-hydrogen) atoms. The van der Waals surface area contributed by atoms with Crippen LogP contribution in [0.25, 0.3) is 0 Å². The first-order valence-corrected chi connectivity index (χ1v) is 16.9. The maximum atomic E-state index is 15.0. The third kappa shape index (κ3) is 5.34. The summed E-state index contributed by atoms with van der Waals surface area (Å²) in [6.45, 7) is 15.1. The molecular formula is C39H50O9. The summed E-state index contributed by atoms with van der Waals surface area (Å²) in [6.07, 6.45) is 8.98. The van der Waals surface area contributed by atoms with Gasteiger partial charge in [0.2, 0.25) is 0 Å². The highest BCUT2D eigenvalue weighted by Crippen LogP contribution is 2.70. The summed E-state index contributed by atoms with van der Waals surface area (Å²) in [5, 5.41) is 33.3. The highest BCUT2D eigenvalue weighted by molar-refractivity contribution is 6.09. The maximum absolute atomic E-state index is 15.0.